The second kappa shape index (κ2) is 6.10. The summed E-state index contributed by atoms with van der Waals surface area (Å²) in [6, 6.07) is -1.93. The normalized spacial score (nSPS) is 23.1. The van der Waals surface area contributed by atoms with Crippen LogP contribution >= 0.6 is 0 Å². The minimum atomic E-state index is -4.53. The zero-order valence-corrected chi connectivity index (χ0v) is 10.7. The molecule has 2 N–H and O–H groups in total. The molecule has 0 unspecified atom stereocenters. The third kappa shape index (κ3) is 4.10. The van der Waals surface area contributed by atoms with Crippen LogP contribution < -0.4 is 5.32 Å². The number of halogens is 3. The van der Waals surface area contributed by atoms with Gasteiger partial charge in [-0.1, -0.05) is 0 Å². The van der Waals surface area contributed by atoms with E-state index in [0.717, 1.165) is 4.90 Å². The maximum absolute atomic E-state index is 12.4. The predicted molar refractivity (Wildman–Crippen MR) is 60.6 cm³/mol. The van der Waals surface area contributed by atoms with E-state index in [4.69, 9.17) is 5.11 Å². The Morgan fingerprint density at radius 2 is 2.00 bits per heavy atom. The van der Waals surface area contributed by atoms with E-state index in [1.807, 2.05) is 0 Å². The maximum Gasteiger partial charge on any atom is 0.408 e. The first-order valence-corrected chi connectivity index (χ1v) is 5.96. The number of nitrogens with one attached hydrogen (secondary N) is 1. The van der Waals surface area contributed by atoms with Gasteiger partial charge in [0.2, 0.25) is 11.8 Å². The van der Waals surface area contributed by atoms with Crippen molar-refractivity contribution in [2.75, 3.05) is 13.6 Å². The number of carbonyl (C=O) groups is 3. The number of piperidine rings is 1. The van der Waals surface area contributed by atoms with Crippen molar-refractivity contribution in [2.24, 2.45) is 5.92 Å². The quantitative estimate of drug-likeness (QED) is 0.734. The standard InChI is InChI=1S/C11H15F3N2O4/c1-16(5-4-8(17)18)10(20)6-2-3-7(11(12,13)14)15-9(6)19/h6-7H,2-5H2,1H3,(H,15,19)(H,17,18)/t6-,7-/m1/s1. The van der Waals surface area contributed by atoms with E-state index in [0.29, 0.717) is 0 Å². The number of hydrogen-bond acceptors (Lipinski definition) is 3. The van der Waals surface area contributed by atoms with Crippen molar-refractivity contribution in [2.45, 2.75) is 31.5 Å². The van der Waals surface area contributed by atoms with E-state index in [9.17, 15) is 27.6 Å². The third-order valence-electron chi connectivity index (χ3n) is 3.11. The van der Waals surface area contributed by atoms with Crippen LogP contribution in [0.15, 0.2) is 0 Å². The highest BCUT2D eigenvalue weighted by molar-refractivity contribution is 6.00. The van der Waals surface area contributed by atoms with Gasteiger partial charge in [0.15, 0.2) is 0 Å². The number of amides is 2. The lowest BCUT2D eigenvalue weighted by Gasteiger charge is -2.31. The molecule has 0 saturated carbocycles. The third-order valence-corrected chi connectivity index (χ3v) is 3.11. The second-order valence-electron chi connectivity index (χ2n) is 4.64. The summed E-state index contributed by atoms with van der Waals surface area (Å²) in [6.07, 6.45) is -5.38. The number of carboxylic acid groups (broad SMARTS) is 1. The fourth-order valence-electron chi connectivity index (χ4n) is 1.93. The highest BCUT2D eigenvalue weighted by atomic mass is 19.4. The van der Waals surface area contributed by atoms with Crippen molar-refractivity contribution >= 4 is 17.8 Å². The predicted octanol–water partition coefficient (Wildman–Crippen LogP) is 0.377. The molecule has 0 spiro atoms. The molecule has 0 bridgehead atoms. The minimum absolute atomic E-state index is 0.0966. The van der Waals surface area contributed by atoms with Gasteiger partial charge in [0.25, 0.3) is 0 Å². The highest BCUT2D eigenvalue weighted by Crippen LogP contribution is 2.29. The SMILES string of the molecule is CN(CCC(=O)O)C(=O)[C@@H]1CC[C@H](C(F)(F)F)NC1=O. The summed E-state index contributed by atoms with van der Waals surface area (Å²) in [5.74, 6) is -3.92. The van der Waals surface area contributed by atoms with Crippen molar-refractivity contribution in [3.8, 4) is 0 Å². The summed E-state index contributed by atoms with van der Waals surface area (Å²) in [4.78, 5) is 34.9. The zero-order chi connectivity index (χ0) is 15.5. The molecule has 1 fully saturated rings. The topological polar surface area (TPSA) is 86.7 Å². The summed E-state index contributed by atoms with van der Waals surface area (Å²) in [6.45, 7) is -0.0966. The van der Waals surface area contributed by atoms with Crippen molar-refractivity contribution in [1.29, 1.82) is 0 Å². The molecule has 0 radical (unpaired) electrons. The largest absolute Gasteiger partial charge is 0.481 e. The zero-order valence-electron chi connectivity index (χ0n) is 10.7. The molecule has 2 atom stereocenters. The Morgan fingerprint density at radius 3 is 2.45 bits per heavy atom. The van der Waals surface area contributed by atoms with Crippen LogP contribution in [0.5, 0.6) is 0 Å². The van der Waals surface area contributed by atoms with E-state index >= 15 is 0 Å². The lowest BCUT2D eigenvalue weighted by Crippen LogP contribution is -2.54. The summed E-state index contributed by atoms with van der Waals surface area (Å²) in [5, 5.41) is 10.3. The minimum Gasteiger partial charge on any atom is -0.481 e. The van der Waals surface area contributed by atoms with Gasteiger partial charge in [0.1, 0.15) is 12.0 Å². The number of carboxylic acids is 1. The molecule has 6 nitrogen and oxygen atoms in total. The van der Waals surface area contributed by atoms with Gasteiger partial charge in [-0.25, -0.2) is 0 Å². The van der Waals surface area contributed by atoms with Gasteiger partial charge >= 0.3 is 12.1 Å². The van der Waals surface area contributed by atoms with E-state index in [-0.39, 0.29) is 25.8 Å². The van der Waals surface area contributed by atoms with Crippen molar-refractivity contribution in [3.63, 3.8) is 0 Å². The first kappa shape index (κ1) is 16.3. The number of rotatable bonds is 4. The van der Waals surface area contributed by atoms with Gasteiger partial charge in [0, 0.05) is 13.6 Å². The number of aliphatic carboxylic acids is 1. The van der Waals surface area contributed by atoms with Gasteiger partial charge in [-0.05, 0) is 12.8 Å². The van der Waals surface area contributed by atoms with Gasteiger partial charge in [-0.15, -0.1) is 0 Å². The smallest absolute Gasteiger partial charge is 0.408 e. The fourth-order valence-corrected chi connectivity index (χ4v) is 1.93. The summed E-state index contributed by atoms with van der Waals surface area (Å²) in [7, 11) is 1.31. The van der Waals surface area contributed by atoms with E-state index in [1.165, 1.54) is 7.05 Å². The molecule has 0 aromatic carbocycles. The van der Waals surface area contributed by atoms with Gasteiger partial charge in [-0.2, -0.15) is 13.2 Å². The second-order valence-corrected chi connectivity index (χ2v) is 4.64. The maximum atomic E-state index is 12.4. The number of hydrogen-bond donors (Lipinski definition) is 2. The van der Waals surface area contributed by atoms with Crippen LogP contribution in [0.25, 0.3) is 0 Å². The molecule has 1 aliphatic rings. The van der Waals surface area contributed by atoms with E-state index in [1.54, 1.807) is 5.32 Å². The summed E-state index contributed by atoms with van der Waals surface area (Å²) >= 11 is 0. The molecule has 114 valence electrons. The first-order valence-electron chi connectivity index (χ1n) is 5.96. The van der Waals surface area contributed by atoms with Crippen LogP contribution in [-0.2, 0) is 14.4 Å². The molecule has 2 amide bonds. The van der Waals surface area contributed by atoms with Crippen LogP contribution in [-0.4, -0.2) is 53.6 Å². The van der Waals surface area contributed by atoms with Gasteiger partial charge in [0.05, 0.1) is 6.42 Å². The van der Waals surface area contributed by atoms with Crippen LogP contribution in [0, 0.1) is 5.92 Å². The molecule has 0 aromatic heterocycles. The Bertz CT molecular complexity index is 411. The fraction of sp³-hybridized carbons (Fsp3) is 0.727. The molecular weight excluding hydrogens is 281 g/mol. The average molecular weight is 296 g/mol. The van der Waals surface area contributed by atoms with Crippen LogP contribution in [0.2, 0.25) is 0 Å². The Balaban J connectivity index is 2.59. The molecule has 20 heavy (non-hydrogen) atoms. The van der Waals surface area contributed by atoms with Crippen LogP contribution in [0.1, 0.15) is 19.3 Å². The van der Waals surface area contributed by atoms with Crippen LogP contribution in [0.4, 0.5) is 13.2 Å². The molecule has 0 aliphatic carbocycles. The van der Waals surface area contributed by atoms with E-state index < -0.39 is 35.9 Å². The average Bonchev–Trinajstić information content (AvgIpc) is 2.33. The molecule has 1 heterocycles. The lowest BCUT2D eigenvalue weighted by molar-refractivity contribution is -0.172. The van der Waals surface area contributed by atoms with Crippen molar-refractivity contribution in [3.05, 3.63) is 0 Å². The molecule has 1 saturated heterocycles. The number of nitrogens with zero attached hydrogens (tertiary/aromatic N) is 1. The molecule has 9 heteroatoms. The Labute approximate surface area is 112 Å². The summed E-state index contributed by atoms with van der Waals surface area (Å²) in [5.41, 5.74) is 0. The van der Waals surface area contributed by atoms with Crippen molar-refractivity contribution < 1.29 is 32.7 Å². The van der Waals surface area contributed by atoms with E-state index in [2.05, 4.69) is 0 Å². The Kier molecular flexibility index (Phi) is 4.96. The number of alkyl halides is 3. The summed E-state index contributed by atoms with van der Waals surface area (Å²) < 4.78 is 37.3. The van der Waals surface area contributed by atoms with Crippen molar-refractivity contribution in [1.82, 2.24) is 10.2 Å². The molecular formula is C11H15F3N2O4. The van der Waals surface area contributed by atoms with Gasteiger partial charge < -0.3 is 15.3 Å². The molecule has 1 aliphatic heterocycles. The Morgan fingerprint density at radius 1 is 1.40 bits per heavy atom. The first-order chi connectivity index (χ1) is 9.12. The lowest BCUT2D eigenvalue weighted by atomic mass is 9.92. The Hall–Kier alpha value is -1.80. The van der Waals surface area contributed by atoms with Crippen LogP contribution in [0.3, 0.4) is 0 Å². The highest BCUT2D eigenvalue weighted by Gasteiger charge is 2.46. The molecule has 1 rings (SSSR count). The monoisotopic (exact) mass is 296 g/mol. The molecule has 0 aromatic rings. The number of carbonyl (C=O) groups excluding carboxylic acids is 2. The van der Waals surface area contributed by atoms with Gasteiger partial charge in [-0.3, -0.25) is 14.4 Å².